The van der Waals surface area contributed by atoms with Gasteiger partial charge in [-0.1, -0.05) is 30.3 Å². The van der Waals surface area contributed by atoms with Crippen LogP contribution in [-0.4, -0.2) is 55.3 Å². The van der Waals surface area contributed by atoms with Crippen LogP contribution in [0.5, 0.6) is 0 Å². The summed E-state index contributed by atoms with van der Waals surface area (Å²) in [5.74, 6) is 0.318. The molecule has 1 fully saturated rings. The normalized spacial score (nSPS) is 19.2. The van der Waals surface area contributed by atoms with Crippen molar-refractivity contribution < 1.29 is 4.79 Å². The fourth-order valence-electron chi connectivity index (χ4n) is 4.67. The van der Waals surface area contributed by atoms with E-state index in [-0.39, 0.29) is 5.91 Å². The molecule has 2 aliphatic rings. The number of nitrogens with one attached hydrogen (secondary N) is 1. The third kappa shape index (κ3) is 3.65. The van der Waals surface area contributed by atoms with Crippen LogP contribution in [0.1, 0.15) is 52.3 Å². The minimum atomic E-state index is 0.0276. The molecule has 0 radical (unpaired) electrons. The summed E-state index contributed by atoms with van der Waals surface area (Å²) in [6.07, 6.45) is 3.82. The molecule has 2 aromatic heterocycles. The summed E-state index contributed by atoms with van der Waals surface area (Å²) in [6, 6.07) is 12.4. The van der Waals surface area contributed by atoms with Gasteiger partial charge in [-0.2, -0.15) is 10.2 Å². The van der Waals surface area contributed by atoms with Gasteiger partial charge in [0.2, 0.25) is 0 Å². The lowest BCUT2D eigenvalue weighted by Crippen LogP contribution is -2.31. The highest BCUT2D eigenvalue weighted by molar-refractivity contribution is 5.92. The summed E-state index contributed by atoms with van der Waals surface area (Å²) in [4.78, 5) is 17.3. The average Bonchev–Trinajstić information content (AvgIpc) is 3.52. The quantitative estimate of drug-likeness (QED) is 0.710. The Morgan fingerprint density at radius 2 is 2.07 bits per heavy atom. The number of carbonyl (C=O) groups excluding carboxylic acids is 1. The van der Waals surface area contributed by atoms with E-state index in [0.717, 1.165) is 51.3 Å². The fraction of sp³-hybridized carbons (Fsp3) is 0.435. The number of amides is 1. The molecule has 1 amide bonds. The minimum absolute atomic E-state index is 0.0276. The van der Waals surface area contributed by atoms with E-state index in [2.05, 4.69) is 45.4 Å². The second kappa shape index (κ2) is 8.07. The summed E-state index contributed by atoms with van der Waals surface area (Å²) in [5.41, 5.74) is 5.63. The lowest BCUT2D eigenvalue weighted by molar-refractivity contribution is 0.0784. The lowest BCUT2D eigenvalue weighted by atomic mass is 9.96. The number of carbonyl (C=O) groups is 1. The maximum absolute atomic E-state index is 12.8. The molecule has 1 saturated heterocycles. The summed E-state index contributed by atoms with van der Waals surface area (Å²) in [7, 11) is 0. The Labute approximate surface area is 176 Å². The van der Waals surface area contributed by atoms with Crippen molar-refractivity contribution in [1.29, 1.82) is 0 Å². The number of benzene rings is 1. The predicted octanol–water partition coefficient (Wildman–Crippen LogP) is 2.81. The number of likely N-dealkylation sites (tertiary alicyclic amines) is 1. The number of aromatic nitrogens is 4. The van der Waals surface area contributed by atoms with Crippen LogP contribution in [0.2, 0.25) is 0 Å². The number of rotatable bonds is 5. The molecular formula is C23H28N6O. The van der Waals surface area contributed by atoms with Crippen LogP contribution >= 0.6 is 0 Å². The number of aromatic amines is 1. The van der Waals surface area contributed by atoms with Crippen LogP contribution in [0.15, 0.2) is 42.6 Å². The molecule has 1 atom stereocenters. The van der Waals surface area contributed by atoms with E-state index >= 15 is 0 Å². The van der Waals surface area contributed by atoms with Gasteiger partial charge in [0.05, 0.1) is 5.69 Å². The first-order valence-corrected chi connectivity index (χ1v) is 10.9. The van der Waals surface area contributed by atoms with Crippen molar-refractivity contribution in [3.05, 3.63) is 70.8 Å². The average molecular weight is 405 g/mol. The van der Waals surface area contributed by atoms with Crippen molar-refractivity contribution in [3.8, 4) is 0 Å². The van der Waals surface area contributed by atoms with Gasteiger partial charge in [-0.25, -0.2) is 0 Å². The van der Waals surface area contributed by atoms with Crippen molar-refractivity contribution >= 4 is 5.91 Å². The number of H-pyrrole nitrogens is 1. The molecule has 5 rings (SSSR count). The molecule has 0 spiro atoms. The zero-order chi connectivity index (χ0) is 20.5. The Kier molecular flexibility index (Phi) is 5.12. The summed E-state index contributed by atoms with van der Waals surface area (Å²) in [5, 5.41) is 12.4. The number of nitrogens with zero attached hydrogens (tertiary/aromatic N) is 5. The van der Waals surface area contributed by atoms with Gasteiger partial charge in [-0.3, -0.25) is 19.5 Å². The molecule has 3 aromatic rings. The molecule has 0 aliphatic carbocycles. The Morgan fingerprint density at radius 3 is 2.87 bits per heavy atom. The van der Waals surface area contributed by atoms with Gasteiger partial charge in [-0.05, 0) is 25.0 Å². The molecule has 2 aliphatic heterocycles. The molecular weight excluding hydrogens is 376 g/mol. The van der Waals surface area contributed by atoms with Crippen molar-refractivity contribution in [3.63, 3.8) is 0 Å². The van der Waals surface area contributed by atoms with Crippen LogP contribution in [0.3, 0.4) is 0 Å². The summed E-state index contributed by atoms with van der Waals surface area (Å²) < 4.78 is 1.80. The van der Waals surface area contributed by atoms with Crippen LogP contribution in [0.25, 0.3) is 0 Å². The zero-order valence-corrected chi connectivity index (χ0v) is 17.4. The van der Waals surface area contributed by atoms with Crippen LogP contribution in [0, 0.1) is 0 Å². The second-order valence-electron chi connectivity index (χ2n) is 8.31. The largest absolute Gasteiger partial charge is 0.337 e. The van der Waals surface area contributed by atoms with Gasteiger partial charge in [-0.15, -0.1) is 0 Å². The van der Waals surface area contributed by atoms with Crippen molar-refractivity contribution in [2.45, 2.75) is 45.3 Å². The van der Waals surface area contributed by atoms with Gasteiger partial charge in [0.15, 0.2) is 0 Å². The molecule has 0 bridgehead atoms. The Balaban J connectivity index is 1.27. The van der Waals surface area contributed by atoms with Gasteiger partial charge in [0.25, 0.3) is 5.91 Å². The van der Waals surface area contributed by atoms with E-state index in [4.69, 9.17) is 5.10 Å². The monoisotopic (exact) mass is 404 g/mol. The number of fused-ring (bicyclic) bond motifs is 1. The van der Waals surface area contributed by atoms with Crippen LogP contribution < -0.4 is 0 Å². The lowest BCUT2D eigenvalue weighted by Gasteiger charge is -2.27. The molecule has 30 heavy (non-hydrogen) atoms. The molecule has 1 aromatic carbocycles. The van der Waals surface area contributed by atoms with Crippen molar-refractivity contribution in [2.24, 2.45) is 0 Å². The van der Waals surface area contributed by atoms with E-state index in [1.165, 1.54) is 16.8 Å². The molecule has 4 heterocycles. The Morgan fingerprint density at radius 1 is 1.20 bits per heavy atom. The third-order valence-corrected chi connectivity index (χ3v) is 6.34. The molecule has 156 valence electrons. The maximum Gasteiger partial charge on any atom is 0.274 e. The van der Waals surface area contributed by atoms with Gasteiger partial charge >= 0.3 is 0 Å². The van der Waals surface area contributed by atoms with E-state index < -0.39 is 0 Å². The zero-order valence-electron chi connectivity index (χ0n) is 17.4. The SMILES string of the molecule is CCn1ccc(C(=O)N2CCC(c3n[nH]c4c3CN(Cc3ccccc3)CC4)C2)n1. The Hall–Kier alpha value is -2.93. The highest BCUT2D eigenvalue weighted by Crippen LogP contribution is 2.32. The molecule has 0 saturated carbocycles. The van der Waals surface area contributed by atoms with Crippen LogP contribution in [-0.2, 0) is 26.1 Å². The van der Waals surface area contributed by atoms with Gasteiger partial charge < -0.3 is 4.90 Å². The van der Waals surface area contributed by atoms with E-state index in [0.29, 0.717) is 18.2 Å². The predicted molar refractivity (Wildman–Crippen MR) is 114 cm³/mol. The van der Waals surface area contributed by atoms with Crippen molar-refractivity contribution in [2.75, 3.05) is 19.6 Å². The van der Waals surface area contributed by atoms with Gasteiger partial charge in [0.1, 0.15) is 5.69 Å². The highest BCUT2D eigenvalue weighted by atomic mass is 16.2. The van der Waals surface area contributed by atoms with Crippen molar-refractivity contribution in [1.82, 2.24) is 29.8 Å². The van der Waals surface area contributed by atoms with E-state index in [1.807, 2.05) is 24.1 Å². The summed E-state index contributed by atoms with van der Waals surface area (Å²) in [6.45, 7) is 7.19. The van der Waals surface area contributed by atoms with E-state index in [9.17, 15) is 4.79 Å². The number of hydrogen-bond acceptors (Lipinski definition) is 4. The molecule has 1 N–H and O–H groups in total. The third-order valence-electron chi connectivity index (χ3n) is 6.34. The highest BCUT2D eigenvalue weighted by Gasteiger charge is 2.33. The fourth-order valence-corrected chi connectivity index (χ4v) is 4.67. The standard InChI is InChI=1S/C23H28N6O/c1-2-29-13-10-21(26-29)23(30)28-12-8-18(15-28)22-19-16-27(11-9-20(19)24-25-22)14-17-6-4-3-5-7-17/h3-7,10,13,18H,2,8-9,11-12,14-16H2,1H3,(H,24,25). The first-order valence-electron chi connectivity index (χ1n) is 10.9. The van der Waals surface area contributed by atoms with E-state index in [1.54, 1.807) is 4.68 Å². The number of hydrogen-bond donors (Lipinski definition) is 1. The topological polar surface area (TPSA) is 70.1 Å². The number of aryl methyl sites for hydroxylation is 1. The summed E-state index contributed by atoms with van der Waals surface area (Å²) >= 11 is 0. The molecule has 1 unspecified atom stereocenters. The van der Waals surface area contributed by atoms with Gasteiger partial charge in [0, 0.05) is 69.1 Å². The molecule has 7 nitrogen and oxygen atoms in total. The smallest absolute Gasteiger partial charge is 0.274 e. The maximum atomic E-state index is 12.8. The minimum Gasteiger partial charge on any atom is -0.337 e. The molecule has 7 heteroatoms. The van der Waals surface area contributed by atoms with Crippen LogP contribution in [0.4, 0.5) is 0 Å². The second-order valence-corrected chi connectivity index (χ2v) is 8.31. The first-order chi connectivity index (χ1) is 14.7. The first kappa shape index (κ1) is 19.1. The Bertz CT molecular complexity index is 1020.